The number of methoxy groups -OCH3 is 1. The van der Waals surface area contributed by atoms with E-state index in [2.05, 4.69) is 5.32 Å². The maximum absolute atomic E-state index is 13.0. The molecule has 0 spiro atoms. The Balaban J connectivity index is 2.07. The number of amides is 2. The van der Waals surface area contributed by atoms with Crippen LogP contribution in [0, 0.1) is 5.92 Å². The second kappa shape index (κ2) is 10.1. The van der Waals surface area contributed by atoms with Crippen molar-refractivity contribution in [3.63, 3.8) is 0 Å². The van der Waals surface area contributed by atoms with Gasteiger partial charge in [0.25, 0.3) is 5.91 Å². The minimum Gasteiger partial charge on any atom is -0.497 e. The number of carbonyl (C=O) groups excluding carboxylic acids is 2. The molecule has 0 heterocycles. The van der Waals surface area contributed by atoms with Crippen molar-refractivity contribution in [3.8, 4) is 5.75 Å². The van der Waals surface area contributed by atoms with Gasteiger partial charge in [-0.15, -0.1) is 0 Å². The molecular weight excluding hydrogens is 376 g/mol. The Labute approximate surface area is 171 Å². The molecular formula is C22H27ClN2O3. The lowest BCUT2D eigenvalue weighted by Gasteiger charge is -2.26. The Kier molecular flexibility index (Phi) is 7.88. The summed E-state index contributed by atoms with van der Waals surface area (Å²) in [6.07, 6.45) is 0.561. The van der Waals surface area contributed by atoms with E-state index in [0.29, 0.717) is 23.6 Å². The zero-order valence-corrected chi connectivity index (χ0v) is 17.5. The van der Waals surface area contributed by atoms with Crippen LogP contribution in [0.4, 0.5) is 0 Å². The number of carbonyl (C=O) groups is 2. The van der Waals surface area contributed by atoms with Crippen LogP contribution < -0.4 is 10.1 Å². The lowest BCUT2D eigenvalue weighted by molar-refractivity contribution is -0.132. The van der Waals surface area contributed by atoms with Crippen LogP contribution in [0.2, 0.25) is 5.02 Å². The van der Waals surface area contributed by atoms with Gasteiger partial charge in [0, 0.05) is 24.2 Å². The number of ether oxygens (including phenoxy) is 1. The van der Waals surface area contributed by atoms with Crippen molar-refractivity contribution >= 4 is 23.4 Å². The van der Waals surface area contributed by atoms with E-state index >= 15 is 0 Å². The van der Waals surface area contributed by atoms with E-state index in [1.165, 1.54) is 0 Å². The van der Waals surface area contributed by atoms with E-state index in [9.17, 15) is 9.59 Å². The van der Waals surface area contributed by atoms with Crippen LogP contribution >= 0.6 is 11.6 Å². The number of rotatable bonds is 8. The number of hydrogen-bond acceptors (Lipinski definition) is 3. The smallest absolute Gasteiger partial charge is 0.251 e. The monoisotopic (exact) mass is 402 g/mol. The molecule has 150 valence electrons. The number of halogens is 1. The lowest BCUT2D eigenvalue weighted by atomic mass is 10.0. The van der Waals surface area contributed by atoms with Crippen LogP contribution in [0.15, 0.2) is 48.5 Å². The van der Waals surface area contributed by atoms with Crippen molar-refractivity contribution in [3.05, 3.63) is 64.7 Å². The third kappa shape index (κ3) is 6.27. The summed E-state index contributed by atoms with van der Waals surface area (Å²) in [7, 11) is 3.36. The van der Waals surface area contributed by atoms with E-state index in [0.717, 1.165) is 11.3 Å². The molecule has 1 N–H and O–H groups in total. The van der Waals surface area contributed by atoms with Crippen LogP contribution in [0.1, 0.15) is 36.2 Å². The molecule has 0 radical (unpaired) electrons. The van der Waals surface area contributed by atoms with E-state index in [4.69, 9.17) is 16.3 Å². The van der Waals surface area contributed by atoms with E-state index in [-0.39, 0.29) is 17.7 Å². The number of hydrogen-bond donors (Lipinski definition) is 1. The van der Waals surface area contributed by atoms with Crippen LogP contribution in [0.5, 0.6) is 5.75 Å². The summed E-state index contributed by atoms with van der Waals surface area (Å²) >= 11 is 5.88. The Hall–Kier alpha value is -2.53. The summed E-state index contributed by atoms with van der Waals surface area (Å²) in [4.78, 5) is 27.2. The van der Waals surface area contributed by atoms with Crippen LogP contribution in [0.3, 0.4) is 0 Å². The molecule has 0 fully saturated rings. The molecule has 2 rings (SSSR count). The van der Waals surface area contributed by atoms with Crippen LogP contribution in [-0.2, 0) is 11.3 Å². The van der Waals surface area contributed by atoms with Gasteiger partial charge in [0.1, 0.15) is 11.8 Å². The fourth-order valence-electron chi connectivity index (χ4n) is 2.88. The van der Waals surface area contributed by atoms with Gasteiger partial charge in [-0.05, 0) is 54.3 Å². The fourth-order valence-corrected chi connectivity index (χ4v) is 3.01. The van der Waals surface area contributed by atoms with Gasteiger partial charge in [0.05, 0.1) is 7.11 Å². The van der Waals surface area contributed by atoms with Gasteiger partial charge in [0.2, 0.25) is 5.91 Å². The van der Waals surface area contributed by atoms with Gasteiger partial charge in [-0.25, -0.2) is 0 Å². The second-order valence-electron chi connectivity index (χ2n) is 7.20. The average molecular weight is 403 g/mol. The molecule has 1 unspecified atom stereocenters. The summed E-state index contributed by atoms with van der Waals surface area (Å²) in [5.74, 6) is 0.625. The van der Waals surface area contributed by atoms with Crippen molar-refractivity contribution in [2.45, 2.75) is 32.9 Å². The molecule has 0 aliphatic carbocycles. The minimum atomic E-state index is -0.591. The third-order valence-corrected chi connectivity index (χ3v) is 4.62. The predicted molar refractivity (Wildman–Crippen MR) is 112 cm³/mol. The molecule has 5 nitrogen and oxygen atoms in total. The number of nitrogens with one attached hydrogen (secondary N) is 1. The predicted octanol–water partition coefficient (Wildman–Crippen LogP) is 4.15. The van der Waals surface area contributed by atoms with Gasteiger partial charge >= 0.3 is 0 Å². The van der Waals surface area contributed by atoms with Crippen molar-refractivity contribution in [1.29, 1.82) is 0 Å². The van der Waals surface area contributed by atoms with E-state index in [1.807, 2.05) is 38.1 Å². The van der Waals surface area contributed by atoms with Crippen molar-refractivity contribution in [2.75, 3.05) is 14.2 Å². The summed E-state index contributed by atoms with van der Waals surface area (Å²) in [6.45, 7) is 4.50. The quantitative estimate of drug-likeness (QED) is 0.721. The van der Waals surface area contributed by atoms with Crippen LogP contribution in [-0.4, -0.2) is 36.9 Å². The fraction of sp³-hybridized carbons (Fsp3) is 0.364. The summed E-state index contributed by atoms with van der Waals surface area (Å²) in [5, 5.41) is 3.44. The first-order valence-corrected chi connectivity index (χ1v) is 9.62. The van der Waals surface area contributed by atoms with Crippen LogP contribution in [0.25, 0.3) is 0 Å². The number of likely N-dealkylation sites (N-methyl/N-ethyl adjacent to an activating group) is 1. The van der Waals surface area contributed by atoms with Crippen molar-refractivity contribution in [1.82, 2.24) is 10.2 Å². The molecule has 0 saturated carbocycles. The third-order valence-electron chi connectivity index (χ3n) is 4.37. The Bertz CT molecular complexity index is 788. The Morgan fingerprint density at radius 3 is 2.21 bits per heavy atom. The molecule has 0 saturated heterocycles. The topological polar surface area (TPSA) is 58.6 Å². The van der Waals surface area contributed by atoms with E-state index in [1.54, 1.807) is 43.3 Å². The zero-order valence-electron chi connectivity index (χ0n) is 16.7. The van der Waals surface area contributed by atoms with Gasteiger partial charge in [0.15, 0.2) is 0 Å². The molecule has 1 atom stereocenters. The molecule has 0 aliphatic rings. The van der Waals surface area contributed by atoms with Gasteiger partial charge < -0.3 is 15.0 Å². The standard InChI is InChI=1S/C22H27ClN2O3/c1-15(2)13-20(24-21(26)17-7-9-18(23)10-8-17)22(27)25(3)14-16-5-11-19(28-4)12-6-16/h5-12,15,20H,13-14H2,1-4H3,(H,24,26). The first kappa shape index (κ1) is 21.8. The zero-order chi connectivity index (χ0) is 20.7. The number of benzene rings is 2. The van der Waals surface area contributed by atoms with Gasteiger partial charge in [-0.1, -0.05) is 37.6 Å². The highest BCUT2D eigenvalue weighted by Crippen LogP contribution is 2.15. The molecule has 0 aliphatic heterocycles. The first-order valence-electron chi connectivity index (χ1n) is 9.24. The first-order chi connectivity index (χ1) is 13.3. The maximum Gasteiger partial charge on any atom is 0.251 e. The highest BCUT2D eigenvalue weighted by molar-refractivity contribution is 6.30. The molecule has 0 bridgehead atoms. The molecule has 2 amide bonds. The summed E-state index contributed by atoms with van der Waals surface area (Å²) in [6, 6.07) is 13.6. The molecule has 2 aromatic rings. The lowest BCUT2D eigenvalue weighted by Crippen LogP contribution is -2.47. The van der Waals surface area contributed by atoms with Gasteiger partial charge in [-0.2, -0.15) is 0 Å². The highest BCUT2D eigenvalue weighted by Gasteiger charge is 2.25. The Morgan fingerprint density at radius 1 is 1.07 bits per heavy atom. The van der Waals surface area contributed by atoms with Crippen molar-refractivity contribution in [2.24, 2.45) is 5.92 Å². The average Bonchev–Trinajstić information content (AvgIpc) is 2.67. The largest absolute Gasteiger partial charge is 0.497 e. The SMILES string of the molecule is COc1ccc(CN(C)C(=O)C(CC(C)C)NC(=O)c2ccc(Cl)cc2)cc1. The summed E-state index contributed by atoms with van der Waals surface area (Å²) in [5.41, 5.74) is 1.47. The van der Waals surface area contributed by atoms with Gasteiger partial charge in [-0.3, -0.25) is 9.59 Å². The minimum absolute atomic E-state index is 0.119. The summed E-state index contributed by atoms with van der Waals surface area (Å²) < 4.78 is 5.16. The number of nitrogens with zero attached hydrogens (tertiary/aromatic N) is 1. The highest BCUT2D eigenvalue weighted by atomic mass is 35.5. The second-order valence-corrected chi connectivity index (χ2v) is 7.64. The van der Waals surface area contributed by atoms with E-state index < -0.39 is 6.04 Å². The molecule has 28 heavy (non-hydrogen) atoms. The molecule has 0 aromatic heterocycles. The molecule has 6 heteroatoms. The Morgan fingerprint density at radius 2 is 1.68 bits per heavy atom. The van der Waals surface area contributed by atoms with Crippen molar-refractivity contribution < 1.29 is 14.3 Å². The maximum atomic E-state index is 13.0. The molecule has 2 aromatic carbocycles. The normalized spacial score (nSPS) is 11.8.